The average molecular weight is 442 g/mol. The molecule has 3 aromatic rings. The lowest BCUT2D eigenvalue weighted by atomic mass is 10.1. The molecule has 8 nitrogen and oxygen atoms in total. The van der Waals surface area contributed by atoms with E-state index in [0.29, 0.717) is 17.4 Å². The van der Waals surface area contributed by atoms with E-state index < -0.39 is 0 Å². The second-order valence-corrected chi connectivity index (χ2v) is 10.1. The first-order chi connectivity index (χ1) is 14.9. The molecular weight excluding hydrogens is 414 g/mol. The molecule has 164 valence electrons. The maximum absolute atomic E-state index is 13.2. The van der Waals surface area contributed by atoms with Crippen LogP contribution in [0, 0.1) is 0 Å². The number of thioether (sulfide) groups is 1. The standard InChI is InChI=1S/C22H27N5O3S/c1-22(2)13-25(8-9-30-22)12-17-10-18-19-23-14-24-27(19)21(28)26(20(18)31-17)11-15-4-6-16(29-3)7-5-15/h4-7,14,17H,8-13H2,1-3H3. The van der Waals surface area contributed by atoms with Gasteiger partial charge in [0.05, 0.1) is 30.9 Å². The highest BCUT2D eigenvalue weighted by Crippen LogP contribution is 2.39. The summed E-state index contributed by atoms with van der Waals surface area (Å²) in [6.07, 6.45) is 2.35. The van der Waals surface area contributed by atoms with E-state index in [-0.39, 0.29) is 11.3 Å². The molecule has 9 heteroatoms. The van der Waals surface area contributed by atoms with Crippen LogP contribution in [0.4, 0.5) is 0 Å². The molecule has 4 heterocycles. The largest absolute Gasteiger partial charge is 0.497 e. The van der Waals surface area contributed by atoms with Crippen LogP contribution in [-0.4, -0.2) is 68.3 Å². The van der Waals surface area contributed by atoms with Crippen LogP contribution in [-0.2, 0) is 17.7 Å². The minimum absolute atomic E-state index is 0.120. The van der Waals surface area contributed by atoms with Gasteiger partial charge < -0.3 is 9.47 Å². The van der Waals surface area contributed by atoms with E-state index in [9.17, 15) is 4.79 Å². The third-order valence-corrected chi connectivity index (χ3v) is 7.25. The van der Waals surface area contributed by atoms with Gasteiger partial charge in [-0.15, -0.1) is 11.8 Å². The fraction of sp³-hybridized carbons (Fsp3) is 0.500. The van der Waals surface area contributed by atoms with Gasteiger partial charge in [0.25, 0.3) is 0 Å². The number of morpholine rings is 1. The summed E-state index contributed by atoms with van der Waals surface area (Å²) < 4.78 is 14.4. The van der Waals surface area contributed by atoms with Crippen LogP contribution in [0.2, 0.25) is 0 Å². The zero-order valence-corrected chi connectivity index (χ0v) is 18.9. The van der Waals surface area contributed by atoms with Crippen molar-refractivity contribution >= 4 is 17.4 Å². The molecule has 0 amide bonds. The summed E-state index contributed by atoms with van der Waals surface area (Å²) in [5.41, 5.74) is 2.58. The van der Waals surface area contributed by atoms with Crippen molar-refractivity contribution in [2.75, 3.05) is 33.4 Å². The van der Waals surface area contributed by atoms with Gasteiger partial charge in [-0.2, -0.15) is 9.61 Å². The van der Waals surface area contributed by atoms with Crippen LogP contribution < -0.4 is 10.4 Å². The van der Waals surface area contributed by atoms with Crippen molar-refractivity contribution in [2.45, 2.75) is 42.7 Å². The molecule has 1 fully saturated rings. The molecule has 0 saturated carbocycles. The Labute approximate surface area is 185 Å². The van der Waals surface area contributed by atoms with Gasteiger partial charge in [-0.1, -0.05) is 12.1 Å². The van der Waals surface area contributed by atoms with Gasteiger partial charge in [0.1, 0.15) is 12.1 Å². The highest BCUT2D eigenvalue weighted by molar-refractivity contribution is 8.00. The van der Waals surface area contributed by atoms with Crippen molar-refractivity contribution in [1.29, 1.82) is 0 Å². The minimum Gasteiger partial charge on any atom is -0.497 e. The van der Waals surface area contributed by atoms with Crippen molar-refractivity contribution in [2.24, 2.45) is 0 Å². The maximum Gasteiger partial charge on any atom is 0.351 e. The number of rotatable bonds is 5. The van der Waals surface area contributed by atoms with Crippen LogP contribution in [0.25, 0.3) is 5.65 Å². The smallest absolute Gasteiger partial charge is 0.351 e. The topological polar surface area (TPSA) is 73.9 Å². The molecule has 0 aliphatic carbocycles. The van der Waals surface area contributed by atoms with E-state index in [1.807, 2.05) is 28.8 Å². The van der Waals surface area contributed by atoms with Gasteiger partial charge in [-0.25, -0.2) is 9.78 Å². The predicted octanol–water partition coefficient (Wildman–Crippen LogP) is 2.08. The number of nitrogens with zero attached hydrogens (tertiary/aromatic N) is 5. The van der Waals surface area contributed by atoms with Gasteiger partial charge in [0, 0.05) is 30.4 Å². The van der Waals surface area contributed by atoms with Gasteiger partial charge >= 0.3 is 5.69 Å². The van der Waals surface area contributed by atoms with Gasteiger partial charge in [0.15, 0.2) is 5.65 Å². The Bertz CT molecular complexity index is 1150. The van der Waals surface area contributed by atoms with Crippen LogP contribution in [0.3, 0.4) is 0 Å². The summed E-state index contributed by atoms with van der Waals surface area (Å²) in [6, 6.07) is 7.83. The summed E-state index contributed by atoms with van der Waals surface area (Å²) >= 11 is 1.79. The van der Waals surface area contributed by atoms with Crippen LogP contribution in [0.1, 0.15) is 25.0 Å². The molecule has 0 N–H and O–H groups in total. The Kier molecular flexibility index (Phi) is 5.27. The Morgan fingerprint density at radius 2 is 2.10 bits per heavy atom. The first-order valence-corrected chi connectivity index (χ1v) is 11.4. The molecule has 0 bridgehead atoms. The summed E-state index contributed by atoms with van der Waals surface area (Å²) in [4.78, 5) is 20.1. The highest BCUT2D eigenvalue weighted by Gasteiger charge is 2.34. The quantitative estimate of drug-likeness (QED) is 0.561. The first kappa shape index (κ1) is 20.5. The normalized spacial score (nSPS) is 20.8. The number of benzene rings is 1. The summed E-state index contributed by atoms with van der Waals surface area (Å²) in [7, 11) is 1.65. The number of ether oxygens (including phenoxy) is 2. The number of hydrogen-bond acceptors (Lipinski definition) is 7. The van der Waals surface area contributed by atoms with E-state index in [1.54, 1.807) is 18.9 Å². The van der Waals surface area contributed by atoms with E-state index in [2.05, 4.69) is 28.8 Å². The van der Waals surface area contributed by atoms with Gasteiger partial charge in [0.2, 0.25) is 0 Å². The number of methoxy groups -OCH3 is 1. The van der Waals surface area contributed by atoms with Crippen molar-refractivity contribution < 1.29 is 9.47 Å². The van der Waals surface area contributed by atoms with Gasteiger partial charge in [-0.3, -0.25) is 9.47 Å². The van der Waals surface area contributed by atoms with E-state index in [4.69, 9.17) is 9.47 Å². The van der Waals surface area contributed by atoms with Crippen LogP contribution in [0.15, 0.2) is 40.4 Å². The average Bonchev–Trinajstić information content (AvgIpc) is 3.38. The fourth-order valence-electron chi connectivity index (χ4n) is 4.50. The molecule has 1 atom stereocenters. The Morgan fingerprint density at radius 3 is 2.84 bits per heavy atom. The molecule has 31 heavy (non-hydrogen) atoms. The lowest BCUT2D eigenvalue weighted by Gasteiger charge is -2.39. The number of aromatic nitrogens is 4. The fourth-order valence-corrected chi connectivity index (χ4v) is 5.94. The molecule has 1 aromatic carbocycles. The van der Waals surface area contributed by atoms with Crippen molar-refractivity contribution in [1.82, 2.24) is 24.1 Å². The lowest BCUT2D eigenvalue weighted by Crippen LogP contribution is -2.49. The molecule has 0 spiro atoms. The summed E-state index contributed by atoms with van der Waals surface area (Å²) in [6.45, 7) is 8.35. The first-order valence-electron chi connectivity index (χ1n) is 10.5. The van der Waals surface area contributed by atoms with Crippen molar-refractivity contribution in [3.8, 4) is 5.75 Å². The number of fused-ring (bicyclic) bond motifs is 3. The zero-order chi connectivity index (χ0) is 21.6. The Hall–Kier alpha value is -2.36. The van der Waals surface area contributed by atoms with E-state index in [1.165, 1.54) is 10.8 Å². The minimum atomic E-state index is -0.150. The zero-order valence-electron chi connectivity index (χ0n) is 18.1. The van der Waals surface area contributed by atoms with Crippen molar-refractivity contribution in [3.63, 3.8) is 0 Å². The van der Waals surface area contributed by atoms with Crippen LogP contribution in [0.5, 0.6) is 5.75 Å². The van der Waals surface area contributed by atoms with Gasteiger partial charge in [-0.05, 0) is 38.0 Å². The molecule has 2 aliphatic heterocycles. The number of hydrogen-bond donors (Lipinski definition) is 0. The molecule has 5 rings (SSSR count). The molecular formula is C22H27N5O3S. The molecule has 1 saturated heterocycles. The summed E-state index contributed by atoms with van der Waals surface area (Å²) in [5, 5.41) is 5.58. The third kappa shape index (κ3) is 3.97. The second-order valence-electron chi connectivity index (χ2n) is 8.78. The lowest BCUT2D eigenvalue weighted by molar-refractivity contribution is -0.0855. The summed E-state index contributed by atoms with van der Waals surface area (Å²) in [5.74, 6) is 0.802. The van der Waals surface area contributed by atoms with Crippen molar-refractivity contribution in [3.05, 3.63) is 52.2 Å². The third-order valence-electron chi connectivity index (χ3n) is 5.91. The maximum atomic E-state index is 13.2. The Balaban J connectivity index is 1.45. The van der Waals surface area contributed by atoms with Crippen LogP contribution >= 0.6 is 11.8 Å². The molecule has 2 aliphatic rings. The Morgan fingerprint density at radius 1 is 1.29 bits per heavy atom. The SMILES string of the molecule is COc1ccc(Cn2c3c(c4ncnn4c2=O)CC(CN2CCOC(C)(C)C2)S3)cc1. The molecule has 0 radical (unpaired) electrons. The monoisotopic (exact) mass is 441 g/mol. The predicted molar refractivity (Wildman–Crippen MR) is 119 cm³/mol. The second kappa shape index (κ2) is 7.96. The molecule has 2 aromatic heterocycles. The highest BCUT2D eigenvalue weighted by atomic mass is 32.2. The van der Waals surface area contributed by atoms with E-state index in [0.717, 1.165) is 54.6 Å². The molecule has 1 unspecified atom stereocenters. The van der Waals surface area contributed by atoms with E-state index >= 15 is 0 Å².